The second kappa shape index (κ2) is 9.80. The number of sulfonamides is 1. The third-order valence-electron chi connectivity index (χ3n) is 5.21. The minimum absolute atomic E-state index is 0.0788. The molecular formula is C25H24N4O4S. The number of anilines is 1. The van der Waals surface area contributed by atoms with Gasteiger partial charge in [-0.25, -0.2) is 4.83 Å². The first kappa shape index (κ1) is 23.1. The molecule has 0 saturated heterocycles. The molecule has 0 aliphatic rings. The van der Waals surface area contributed by atoms with Gasteiger partial charge in [0.15, 0.2) is 0 Å². The van der Waals surface area contributed by atoms with Crippen LogP contribution in [0.15, 0.2) is 89.0 Å². The lowest BCUT2D eigenvalue weighted by Gasteiger charge is -2.08. The Hall–Kier alpha value is -4.11. The van der Waals surface area contributed by atoms with Crippen LogP contribution < -0.4 is 14.9 Å². The summed E-state index contributed by atoms with van der Waals surface area (Å²) in [7, 11) is -2.20. The van der Waals surface area contributed by atoms with Crippen molar-refractivity contribution in [2.45, 2.75) is 18.4 Å². The van der Waals surface area contributed by atoms with Crippen LogP contribution in [0.4, 0.5) is 5.69 Å². The van der Waals surface area contributed by atoms with Gasteiger partial charge in [0.1, 0.15) is 12.3 Å². The summed E-state index contributed by atoms with van der Waals surface area (Å²) in [5.74, 6) is 0.505. The van der Waals surface area contributed by atoms with Crippen molar-refractivity contribution in [1.29, 1.82) is 0 Å². The van der Waals surface area contributed by atoms with E-state index in [0.29, 0.717) is 17.0 Å². The van der Waals surface area contributed by atoms with Crippen molar-refractivity contribution < 1.29 is 17.9 Å². The number of nitrogens with one attached hydrogen (secondary N) is 2. The Morgan fingerprint density at radius 2 is 1.74 bits per heavy atom. The molecule has 0 radical (unpaired) electrons. The molecule has 0 spiro atoms. The monoisotopic (exact) mass is 476 g/mol. The van der Waals surface area contributed by atoms with E-state index < -0.39 is 10.0 Å². The van der Waals surface area contributed by atoms with Gasteiger partial charge in [-0.15, -0.1) is 0 Å². The second-order valence-corrected chi connectivity index (χ2v) is 9.33. The number of methoxy groups -OCH3 is 1. The number of fused-ring (bicyclic) bond motifs is 1. The molecular weight excluding hydrogens is 452 g/mol. The lowest BCUT2D eigenvalue weighted by atomic mass is 10.2. The smallest absolute Gasteiger partial charge is 0.276 e. The van der Waals surface area contributed by atoms with Gasteiger partial charge in [-0.05, 0) is 49.4 Å². The fraction of sp³-hybridized carbons (Fsp3) is 0.120. The molecule has 1 aromatic heterocycles. The molecule has 3 aromatic carbocycles. The zero-order chi connectivity index (χ0) is 24.1. The molecule has 34 heavy (non-hydrogen) atoms. The van der Waals surface area contributed by atoms with Crippen LogP contribution in [0.25, 0.3) is 10.9 Å². The van der Waals surface area contributed by atoms with Crippen molar-refractivity contribution in [3.05, 3.63) is 90.1 Å². The average Bonchev–Trinajstić information content (AvgIpc) is 3.17. The maximum Gasteiger partial charge on any atom is 0.276 e. The van der Waals surface area contributed by atoms with Crippen molar-refractivity contribution in [2.75, 3.05) is 12.4 Å². The molecule has 0 aliphatic heterocycles. The number of para-hydroxylation sites is 1. The molecule has 4 rings (SSSR count). The zero-order valence-electron chi connectivity index (χ0n) is 18.7. The molecule has 0 aliphatic carbocycles. The largest absolute Gasteiger partial charge is 0.497 e. The van der Waals surface area contributed by atoms with E-state index in [1.54, 1.807) is 54.3 Å². The maximum atomic E-state index is 12.6. The number of amides is 1. The SMILES string of the molecule is COc1ccc(NC(=O)Cn2cc(/C=N\NS(=O)(=O)c3ccc(C)cc3)c3ccccc32)cc1. The van der Waals surface area contributed by atoms with E-state index in [0.717, 1.165) is 16.5 Å². The van der Waals surface area contributed by atoms with Crippen LogP contribution in [-0.4, -0.2) is 32.2 Å². The number of aryl methyl sites for hydroxylation is 1. The van der Waals surface area contributed by atoms with Gasteiger partial charge in [0.05, 0.1) is 18.2 Å². The number of benzene rings is 3. The number of carbonyl (C=O) groups is 1. The first-order chi connectivity index (χ1) is 16.4. The number of hydrazone groups is 1. The predicted octanol–water partition coefficient (Wildman–Crippen LogP) is 3.91. The molecule has 0 fully saturated rings. The van der Waals surface area contributed by atoms with Gasteiger partial charge < -0.3 is 14.6 Å². The number of hydrogen-bond donors (Lipinski definition) is 2. The molecule has 2 N–H and O–H groups in total. The Kier molecular flexibility index (Phi) is 6.65. The molecule has 4 aromatic rings. The minimum Gasteiger partial charge on any atom is -0.497 e. The lowest BCUT2D eigenvalue weighted by molar-refractivity contribution is -0.116. The Morgan fingerprint density at radius 3 is 2.44 bits per heavy atom. The number of ether oxygens (including phenoxy) is 1. The summed E-state index contributed by atoms with van der Waals surface area (Å²) in [6.45, 7) is 1.96. The van der Waals surface area contributed by atoms with Crippen LogP contribution in [0.2, 0.25) is 0 Å². The van der Waals surface area contributed by atoms with Crippen LogP contribution in [0, 0.1) is 6.92 Å². The Labute approximate surface area is 197 Å². The van der Waals surface area contributed by atoms with Crippen molar-refractivity contribution in [3.63, 3.8) is 0 Å². The fourth-order valence-electron chi connectivity index (χ4n) is 3.47. The highest BCUT2D eigenvalue weighted by Crippen LogP contribution is 2.21. The summed E-state index contributed by atoms with van der Waals surface area (Å²) in [6, 6.07) is 21.1. The molecule has 1 amide bonds. The minimum atomic E-state index is -3.78. The molecule has 1 heterocycles. The molecule has 0 saturated carbocycles. The average molecular weight is 477 g/mol. The third kappa shape index (κ3) is 5.26. The Balaban J connectivity index is 1.51. The van der Waals surface area contributed by atoms with E-state index >= 15 is 0 Å². The normalized spacial score (nSPS) is 11.6. The molecule has 8 nitrogen and oxygen atoms in total. The van der Waals surface area contributed by atoms with Crippen LogP contribution >= 0.6 is 0 Å². The van der Waals surface area contributed by atoms with Crippen LogP contribution in [-0.2, 0) is 21.4 Å². The van der Waals surface area contributed by atoms with E-state index in [4.69, 9.17) is 4.74 Å². The van der Waals surface area contributed by atoms with Gasteiger partial charge in [-0.3, -0.25) is 4.79 Å². The van der Waals surface area contributed by atoms with E-state index in [-0.39, 0.29) is 17.3 Å². The highest BCUT2D eigenvalue weighted by Gasteiger charge is 2.13. The predicted molar refractivity (Wildman–Crippen MR) is 133 cm³/mol. The van der Waals surface area contributed by atoms with Crippen molar-refractivity contribution in [3.8, 4) is 5.75 Å². The summed E-state index contributed by atoms with van der Waals surface area (Å²) >= 11 is 0. The van der Waals surface area contributed by atoms with Gasteiger partial charge in [0, 0.05) is 28.4 Å². The molecule has 0 atom stereocenters. The summed E-state index contributed by atoms with van der Waals surface area (Å²) < 4.78 is 31.9. The summed E-state index contributed by atoms with van der Waals surface area (Å²) in [4.78, 5) is 15.0. The number of carbonyl (C=O) groups excluding carboxylic acids is 1. The molecule has 0 unspecified atom stereocenters. The number of nitrogens with zero attached hydrogens (tertiary/aromatic N) is 2. The summed E-state index contributed by atoms with van der Waals surface area (Å²) in [6.07, 6.45) is 3.20. The van der Waals surface area contributed by atoms with Crippen molar-refractivity contribution >= 4 is 38.7 Å². The number of rotatable bonds is 8. The van der Waals surface area contributed by atoms with Crippen LogP contribution in [0.5, 0.6) is 5.75 Å². The van der Waals surface area contributed by atoms with E-state index in [1.807, 2.05) is 31.2 Å². The van der Waals surface area contributed by atoms with E-state index in [1.165, 1.54) is 18.3 Å². The van der Waals surface area contributed by atoms with Crippen LogP contribution in [0.1, 0.15) is 11.1 Å². The highest BCUT2D eigenvalue weighted by atomic mass is 32.2. The molecule has 9 heteroatoms. The van der Waals surface area contributed by atoms with Gasteiger partial charge in [-0.1, -0.05) is 35.9 Å². The van der Waals surface area contributed by atoms with E-state index in [9.17, 15) is 13.2 Å². The number of hydrogen-bond acceptors (Lipinski definition) is 5. The lowest BCUT2D eigenvalue weighted by Crippen LogP contribution is -2.18. The van der Waals surface area contributed by atoms with Crippen molar-refractivity contribution in [1.82, 2.24) is 9.40 Å². The van der Waals surface area contributed by atoms with Crippen molar-refractivity contribution in [2.24, 2.45) is 5.10 Å². The maximum absolute atomic E-state index is 12.6. The topological polar surface area (TPSA) is 102 Å². The molecule has 174 valence electrons. The first-order valence-electron chi connectivity index (χ1n) is 10.5. The second-order valence-electron chi connectivity index (χ2n) is 7.67. The Morgan fingerprint density at radius 1 is 1.03 bits per heavy atom. The summed E-state index contributed by atoms with van der Waals surface area (Å²) in [5.41, 5.74) is 3.13. The fourth-order valence-corrected chi connectivity index (χ4v) is 4.27. The van der Waals surface area contributed by atoms with Gasteiger partial charge in [-0.2, -0.15) is 13.5 Å². The Bertz CT molecular complexity index is 1440. The zero-order valence-corrected chi connectivity index (χ0v) is 19.5. The first-order valence-corrected chi connectivity index (χ1v) is 12.0. The van der Waals surface area contributed by atoms with Crippen LogP contribution in [0.3, 0.4) is 0 Å². The summed E-state index contributed by atoms with van der Waals surface area (Å²) in [5, 5.41) is 7.66. The standard InChI is InChI=1S/C25H24N4O4S/c1-18-7-13-22(14-8-18)34(31,32)28-26-15-19-16-29(24-6-4-3-5-23(19)24)17-25(30)27-20-9-11-21(33-2)12-10-20/h3-16,28H,17H2,1-2H3,(H,27,30)/b26-15-. The number of aromatic nitrogens is 1. The van der Waals surface area contributed by atoms with Gasteiger partial charge >= 0.3 is 0 Å². The third-order valence-corrected chi connectivity index (χ3v) is 6.45. The highest BCUT2D eigenvalue weighted by molar-refractivity contribution is 7.89. The quantitative estimate of drug-likeness (QED) is 0.297. The molecule has 0 bridgehead atoms. The van der Waals surface area contributed by atoms with Gasteiger partial charge in [0.25, 0.3) is 10.0 Å². The van der Waals surface area contributed by atoms with Gasteiger partial charge in [0.2, 0.25) is 5.91 Å². The van der Waals surface area contributed by atoms with E-state index in [2.05, 4.69) is 15.2 Å².